The van der Waals surface area contributed by atoms with Crippen LogP contribution in [0.3, 0.4) is 0 Å². The third-order valence-electron chi connectivity index (χ3n) is 6.93. The summed E-state index contributed by atoms with van der Waals surface area (Å²) in [7, 11) is 0. The number of benzene rings is 2. The van der Waals surface area contributed by atoms with Crippen LogP contribution >= 0.6 is 0 Å². The summed E-state index contributed by atoms with van der Waals surface area (Å²) in [6.07, 6.45) is 6.38. The summed E-state index contributed by atoms with van der Waals surface area (Å²) in [5.74, 6) is 1.05. The van der Waals surface area contributed by atoms with Gasteiger partial charge in [-0.1, -0.05) is 42.5 Å². The van der Waals surface area contributed by atoms with Crippen molar-refractivity contribution in [3.63, 3.8) is 0 Å². The summed E-state index contributed by atoms with van der Waals surface area (Å²) < 4.78 is 7.49. The molecule has 2 aromatic heterocycles. The van der Waals surface area contributed by atoms with Crippen LogP contribution in [0.2, 0.25) is 0 Å². The van der Waals surface area contributed by atoms with Gasteiger partial charge in [0.15, 0.2) is 0 Å². The molecule has 4 heterocycles. The maximum atomic E-state index is 13.7. The van der Waals surface area contributed by atoms with Crippen LogP contribution in [0, 0.1) is 0 Å². The van der Waals surface area contributed by atoms with Gasteiger partial charge in [-0.05, 0) is 34.9 Å². The van der Waals surface area contributed by atoms with Gasteiger partial charge in [0.05, 0.1) is 18.7 Å². The molecule has 2 aromatic carbocycles. The highest BCUT2D eigenvalue weighted by Gasteiger charge is 2.27. The molecule has 36 heavy (non-hydrogen) atoms. The van der Waals surface area contributed by atoms with E-state index in [9.17, 15) is 4.79 Å². The predicted molar refractivity (Wildman–Crippen MR) is 138 cm³/mol. The molecule has 1 fully saturated rings. The monoisotopic (exact) mass is 479 g/mol. The number of piperazine rings is 1. The number of pyridine rings is 1. The average molecular weight is 480 g/mol. The molecule has 7 heteroatoms. The normalized spacial score (nSPS) is 15.5. The lowest BCUT2D eigenvalue weighted by Gasteiger charge is -2.34. The number of hydrogen-bond acceptors (Lipinski definition) is 5. The first kappa shape index (κ1) is 22.5. The van der Waals surface area contributed by atoms with Gasteiger partial charge in [-0.3, -0.25) is 19.4 Å². The third-order valence-corrected chi connectivity index (χ3v) is 6.93. The number of carbonyl (C=O) groups is 1. The molecule has 0 unspecified atom stereocenters. The van der Waals surface area contributed by atoms with E-state index in [1.807, 2.05) is 46.1 Å². The molecular formula is C29H29N5O2. The van der Waals surface area contributed by atoms with Crippen LogP contribution in [-0.2, 0) is 19.5 Å². The van der Waals surface area contributed by atoms with E-state index in [0.717, 1.165) is 49.5 Å². The van der Waals surface area contributed by atoms with E-state index in [1.165, 1.54) is 11.1 Å². The number of rotatable bonds is 6. The van der Waals surface area contributed by atoms with E-state index in [-0.39, 0.29) is 5.91 Å². The molecule has 0 aliphatic carbocycles. The van der Waals surface area contributed by atoms with Crippen molar-refractivity contribution in [2.75, 3.05) is 32.8 Å². The van der Waals surface area contributed by atoms with E-state index in [1.54, 1.807) is 12.4 Å². The van der Waals surface area contributed by atoms with Crippen molar-refractivity contribution in [3.8, 4) is 17.0 Å². The Balaban J connectivity index is 1.16. The Morgan fingerprint density at radius 3 is 2.58 bits per heavy atom. The molecule has 6 rings (SSSR count). The van der Waals surface area contributed by atoms with Crippen LogP contribution in [0.5, 0.6) is 5.75 Å². The first-order valence-electron chi connectivity index (χ1n) is 12.5. The minimum Gasteiger partial charge on any atom is -0.493 e. The molecule has 7 nitrogen and oxygen atoms in total. The zero-order valence-electron chi connectivity index (χ0n) is 20.2. The smallest absolute Gasteiger partial charge is 0.257 e. The molecule has 0 radical (unpaired) electrons. The predicted octanol–water partition coefficient (Wildman–Crippen LogP) is 3.89. The van der Waals surface area contributed by atoms with Crippen LogP contribution in [-0.4, -0.2) is 63.3 Å². The van der Waals surface area contributed by atoms with Gasteiger partial charge in [0.25, 0.3) is 5.91 Å². The third kappa shape index (κ3) is 4.75. The van der Waals surface area contributed by atoms with Gasteiger partial charge in [0, 0.05) is 63.3 Å². The first-order valence-corrected chi connectivity index (χ1v) is 12.5. The van der Waals surface area contributed by atoms with E-state index < -0.39 is 0 Å². The quantitative estimate of drug-likeness (QED) is 0.420. The molecule has 2 aliphatic heterocycles. The summed E-state index contributed by atoms with van der Waals surface area (Å²) in [6.45, 7) is 5.38. The molecule has 2 aliphatic rings. The van der Waals surface area contributed by atoms with E-state index in [4.69, 9.17) is 9.84 Å². The largest absolute Gasteiger partial charge is 0.493 e. The fourth-order valence-electron chi connectivity index (χ4n) is 5.02. The highest BCUT2D eigenvalue weighted by molar-refractivity contribution is 5.99. The van der Waals surface area contributed by atoms with Crippen molar-refractivity contribution in [1.82, 2.24) is 24.6 Å². The van der Waals surface area contributed by atoms with Gasteiger partial charge in [0.1, 0.15) is 11.4 Å². The number of carbonyl (C=O) groups excluding carboxylic acids is 1. The lowest BCUT2D eigenvalue weighted by Crippen LogP contribution is -2.48. The van der Waals surface area contributed by atoms with E-state index >= 15 is 0 Å². The Hall–Kier alpha value is -3.97. The second-order valence-electron chi connectivity index (χ2n) is 9.43. The van der Waals surface area contributed by atoms with Gasteiger partial charge in [-0.25, -0.2) is 0 Å². The van der Waals surface area contributed by atoms with Crippen molar-refractivity contribution in [2.24, 2.45) is 0 Å². The molecule has 1 amide bonds. The van der Waals surface area contributed by atoms with Gasteiger partial charge in [-0.15, -0.1) is 0 Å². The molecule has 0 bridgehead atoms. The number of fused-ring (bicyclic) bond motifs is 1. The minimum absolute atomic E-state index is 0.0301. The maximum Gasteiger partial charge on any atom is 0.257 e. The Labute approximate surface area is 210 Å². The highest BCUT2D eigenvalue weighted by Crippen LogP contribution is 2.27. The summed E-state index contributed by atoms with van der Waals surface area (Å²) in [5, 5.41) is 4.80. The SMILES string of the molecule is O=C(c1cn(Cc2ccccc2)nc1-c1cccnc1)N1CCN(Cc2ccc3c(c2)CCO3)CC1. The summed E-state index contributed by atoms with van der Waals surface area (Å²) in [5.41, 5.74) is 5.92. The summed E-state index contributed by atoms with van der Waals surface area (Å²) >= 11 is 0. The maximum absolute atomic E-state index is 13.7. The second-order valence-corrected chi connectivity index (χ2v) is 9.43. The van der Waals surface area contributed by atoms with Crippen LogP contribution in [0.25, 0.3) is 11.3 Å². The molecule has 0 atom stereocenters. The van der Waals surface area contributed by atoms with Gasteiger partial charge >= 0.3 is 0 Å². The van der Waals surface area contributed by atoms with Crippen molar-refractivity contribution >= 4 is 5.91 Å². The fraction of sp³-hybridized carbons (Fsp3) is 0.276. The highest BCUT2D eigenvalue weighted by atomic mass is 16.5. The van der Waals surface area contributed by atoms with Crippen molar-refractivity contribution in [2.45, 2.75) is 19.5 Å². The van der Waals surface area contributed by atoms with Crippen LogP contribution < -0.4 is 4.74 Å². The summed E-state index contributed by atoms with van der Waals surface area (Å²) in [4.78, 5) is 22.3. The minimum atomic E-state index is 0.0301. The topological polar surface area (TPSA) is 63.5 Å². The second kappa shape index (κ2) is 9.95. The molecule has 0 N–H and O–H groups in total. The zero-order valence-corrected chi connectivity index (χ0v) is 20.2. The Morgan fingerprint density at radius 1 is 0.917 bits per heavy atom. The zero-order chi connectivity index (χ0) is 24.3. The number of nitrogens with zero attached hydrogens (tertiary/aromatic N) is 5. The molecule has 4 aromatic rings. The average Bonchev–Trinajstić information content (AvgIpc) is 3.57. The fourth-order valence-corrected chi connectivity index (χ4v) is 5.02. The Bertz CT molecular complexity index is 1340. The molecule has 182 valence electrons. The lowest BCUT2D eigenvalue weighted by atomic mass is 10.1. The van der Waals surface area contributed by atoms with Crippen LogP contribution in [0.1, 0.15) is 27.0 Å². The van der Waals surface area contributed by atoms with Crippen LogP contribution in [0.4, 0.5) is 0 Å². The number of hydrogen-bond donors (Lipinski definition) is 0. The molecule has 0 saturated carbocycles. The van der Waals surface area contributed by atoms with Gasteiger partial charge in [0.2, 0.25) is 0 Å². The van der Waals surface area contributed by atoms with E-state index in [0.29, 0.717) is 30.9 Å². The summed E-state index contributed by atoms with van der Waals surface area (Å²) in [6, 6.07) is 20.5. The Morgan fingerprint density at radius 2 is 1.78 bits per heavy atom. The van der Waals surface area contributed by atoms with Crippen molar-refractivity contribution < 1.29 is 9.53 Å². The van der Waals surface area contributed by atoms with Crippen molar-refractivity contribution in [1.29, 1.82) is 0 Å². The van der Waals surface area contributed by atoms with Gasteiger partial charge in [-0.2, -0.15) is 5.10 Å². The molecule has 1 saturated heterocycles. The molecular weight excluding hydrogens is 450 g/mol. The molecule has 0 spiro atoms. The van der Waals surface area contributed by atoms with E-state index in [2.05, 4.69) is 40.2 Å². The first-order chi connectivity index (χ1) is 17.7. The van der Waals surface area contributed by atoms with Crippen molar-refractivity contribution in [3.05, 3.63) is 102 Å². The Kier molecular flexibility index (Phi) is 6.22. The van der Waals surface area contributed by atoms with Gasteiger partial charge < -0.3 is 9.64 Å². The number of aromatic nitrogens is 3. The lowest BCUT2D eigenvalue weighted by molar-refractivity contribution is 0.0629. The number of amides is 1. The number of ether oxygens (including phenoxy) is 1. The standard InChI is InChI=1S/C29H29N5O2/c35-29(33-14-12-32(13-15-33)19-23-8-9-27-24(17-23)10-16-36-27)26-21-34(20-22-5-2-1-3-6-22)31-28(26)25-7-4-11-30-18-25/h1-9,11,17-18,21H,10,12-16,19-20H2. The van der Waals surface area contributed by atoms with Crippen LogP contribution in [0.15, 0.2) is 79.3 Å².